The Morgan fingerprint density at radius 3 is 2.32 bits per heavy atom. The van der Waals surface area contributed by atoms with Gasteiger partial charge in [0.2, 0.25) is 0 Å². The number of nitrogens with zero attached hydrogens (tertiary/aromatic N) is 1. The molecule has 0 fully saturated rings. The summed E-state index contributed by atoms with van der Waals surface area (Å²) in [5, 5.41) is 1.99. The Labute approximate surface area is 118 Å². The summed E-state index contributed by atoms with van der Waals surface area (Å²) in [5.41, 5.74) is 3.39. The molecule has 19 heavy (non-hydrogen) atoms. The van der Waals surface area contributed by atoms with Crippen molar-refractivity contribution in [3.63, 3.8) is 0 Å². The molecule has 2 aromatic rings. The highest BCUT2D eigenvalue weighted by molar-refractivity contribution is 7.12. The number of amides is 1. The second-order valence-electron chi connectivity index (χ2n) is 4.51. The number of thiophene rings is 1. The number of carbonyl (C=O) groups excluding carboxylic acids is 1. The molecule has 100 valence electrons. The highest BCUT2D eigenvalue weighted by atomic mass is 32.1. The largest absolute Gasteiger partial charge is 0.338 e. The van der Waals surface area contributed by atoms with Gasteiger partial charge in [-0.1, -0.05) is 29.8 Å². The molecule has 0 aliphatic rings. The summed E-state index contributed by atoms with van der Waals surface area (Å²) in [6.45, 7) is 7.60. The minimum Gasteiger partial charge on any atom is -0.338 e. The first-order chi connectivity index (χ1) is 9.17. The second kappa shape index (κ2) is 6.02. The topological polar surface area (TPSA) is 20.3 Å². The van der Waals surface area contributed by atoms with Crippen LogP contribution in [0.4, 0.5) is 0 Å². The van der Waals surface area contributed by atoms with Gasteiger partial charge in [-0.3, -0.25) is 4.79 Å². The molecular formula is C16H19NOS. The average Bonchev–Trinajstić information content (AvgIpc) is 2.90. The molecule has 0 aliphatic heterocycles. The predicted octanol–water partition coefficient (Wildman–Crippen LogP) is 4.21. The monoisotopic (exact) mass is 273 g/mol. The normalized spacial score (nSPS) is 10.5. The van der Waals surface area contributed by atoms with Gasteiger partial charge in [0.1, 0.15) is 0 Å². The van der Waals surface area contributed by atoms with Gasteiger partial charge in [0.25, 0.3) is 5.91 Å². The van der Waals surface area contributed by atoms with Crippen LogP contribution in [0, 0.1) is 6.92 Å². The molecule has 1 amide bonds. The van der Waals surface area contributed by atoms with Crippen LogP contribution in [0.1, 0.15) is 29.1 Å². The van der Waals surface area contributed by atoms with E-state index in [1.807, 2.05) is 30.2 Å². The summed E-state index contributed by atoms with van der Waals surface area (Å²) in [5.74, 6) is 0.135. The first-order valence-corrected chi connectivity index (χ1v) is 7.49. The van der Waals surface area contributed by atoms with Crippen LogP contribution in [-0.4, -0.2) is 23.9 Å². The molecule has 0 spiro atoms. The van der Waals surface area contributed by atoms with E-state index >= 15 is 0 Å². The summed E-state index contributed by atoms with van der Waals surface area (Å²) < 4.78 is 0. The Hall–Kier alpha value is -1.61. The van der Waals surface area contributed by atoms with Gasteiger partial charge in [-0.05, 0) is 37.8 Å². The van der Waals surface area contributed by atoms with Gasteiger partial charge in [-0.15, -0.1) is 11.3 Å². The van der Waals surface area contributed by atoms with E-state index in [0.717, 1.165) is 29.1 Å². The van der Waals surface area contributed by atoms with E-state index in [1.54, 1.807) is 0 Å². The summed E-state index contributed by atoms with van der Waals surface area (Å²) in [4.78, 5) is 15.2. The van der Waals surface area contributed by atoms with Gasteiger partial charge < -0.3 is 4.90 Å². The molecule has 0 N–H and O–H groups in total. The third kappa shape index (κ3) is 2.87. The number of carbonyl (C=O) groups is 1. The third-order valence-electron chi connectivity index (χ3n) is 3.27. The van der Waals surface area contributed by atoms with Crippen molar-refractivity contribution < 1.29 is 4.79 Å². The lowest BCUT2D eigenvalue weighted by Crippen LogP contribution is -2.30. The van der Waals surface area contributed by atoms with E-state index in [1.165, 1.54) is 16.9 Å². The van der Waals surface area contributed by atoms with Crippen molar-refractivity contribution >= 4 is 17.2 Å². The first-order valence-electron chi connectivity index (χ1n) is 6.61. The maximum Gasteiger partial charge on any atom is 0.264 e. The molecule has 0 bridgehead atoms. The molecule has 1 aromatic carbocycles. The highest BCUT2D eigenvalue weighted by Gasteiger charge is 2.18. The SMILES string of the molecule is CCN(CC)C(=O)c1sccc1-c1ccc(C)cc1. The molecule has 1 heterocycles. The van der Waals surface area contributed by atoms with Crippen molar-refractivity contribution in [3.05, 3.63) is 46.2 Å². The molecule has 0 atom stereocenters. The zero-order valence-corrected chi connectivity index (χ0v) is 12.5. The van der Waals surface area contributed by atoms with E-state index in [-0.39, 0.29) is 5.91 Å². The van der Waals surface area contributed by atoms with Crippen molar-refractivity contribution in [2.75, 3.05) is 13.1 Å². The maximum absolute atomic E-state index is 12.5. The second-order valence-corrected chi connectivity index (χ2v) is 5.42. The highest BCUT2D eigenvalue weighted by Crippen LogP contribution is 2.29. The van der Waals surface area contributed by atoms with Gasteiger partial charge in [-0.2, -0.15) is 0 Å². The van der Waals surface area contributed by atoms with Crippen LogP contribution in [-0.2, 0) is 0 Å². The van der Waals surface area contributed by atoms with Crippen LogP contribution in [0.2, 0.25) is 0 Å². The number of benzene rings is 1. The van der Waals surface area contributed by atoms with E-state index < -0.39 is 0 Å². The van der Waals surface area contributed by atoms with Gasteiger partial charge in [-0.25, -0.2) is 0 Å². The fourth-order valence-corrected chi connectivity index (χ4v) is 2.97. The number of hydrogen-bond acceptors (Lipinski definition) is 2. The summed E-state index contributed by atoms with van der Waals surface area (Å²) in [7, 11) is 0. The number of aryl methyl sites for hydroxylation is 1. The van der Waals surface area contributed by atoms with Crippen LogP contribution in [0.25, 0.3) is 11.1 Å². The smallest absolute Gasteiger partial charge is 0.264 e. The van der Waals surface area contributed by atoms with Gasteiger partial charge in [0.05, 0.1) is 4.88 Å². The molecule has 1 aromatic heterocycles. The summed E-state index contributed by atoms with van der Waals surface area (Å²) >= 11 is 1.52. The van der Waals surface area contributed by atoms with Crippen LogP contribution >= 0.6 is 11.3 Å². The van der Waals surface area contributed by atoms with E-state index in [2.05, 4.69) is 31.2 Å². The summed E-state index contributed by atoms with van der Waals surface area (Å²) in [6, 6.07) is 10.4. The molecule has 2 rings (SSSR count). The number of hydrogen-bond donors (Lipinski definition) is 0. The lowest BCUT2D eigenvalue weighted by Gasteiger charge is -2.18. The van der Waals surface area contributed by atoms with Crippen LogP contribution in [0.5, 0.6) is 0 Å². The minimum absolute atomic E-state index is 0.135. The standard InChI is InChI=1S/C16H19NOS/c1-4-17(5-2)16(18)15-14(10-11-19-15)13-8-6-12(3)7-9-13/h6-11H,4-5H2,1-3H3. The fraction of sp³-hybridized carbons (Fsp3) is 0.312. The zero-order valence-electron chi connectivity index (χ0n) is 11.6. The Kier molecular flexibility index (Phi) is 4.38. The first kappa shape index (κ1) is 13.8. The Bertz CT molecular complexity index is 552. The quantitative estimate of drug-likeness (QED) is 0.817. The van der Waals surface area contributed by atoms with Gasteiger partial charge in [0, 0.05) is 18.7 Å². The Morgan fingerprint density at radius 1 is 1.11 bits per heavy atom. The van der Waals surface area contributed by atoms with E-state index in [0.29, 0.717) is 0 Å². The minimum atomic E-state index is 0.135. The molecule has 3 heteroatoms. The van der Waals surface area contributed by atoms with E-state index in [9.17, 15) is 4.79 Å². The maximum atomic E-state index is 12.5. The van der Waals surface area contributed by atoms with Crippen molar-refractivity contribution in [1.29, 1.82) is 0 Å². The van der Waals surface area contributed by atoms with Crippen LogP contribution in [0.3, 0.4) is 0 Å². The van der Waals surface area contributed by atoms with Crippen molar-refractivity contribution in [2.45, 2.75) is 20.8 Å². The van der Waals surface area contributed by atoms with Gasteiger partial charge in [0.15, 0.2) is 0 Å². The Balaban J connectivity index is 2.37. The third-order valence-corrected chi connectivity index (χ3v) is 4.18. The molecule has 2 nitrogen and oxygen atoms in total. The van der Waals surface area contributed by atoms with Crippen molar-refractivity contribution in [1.82, 2.24) is 4.90 Å². The fourth-order valence-electron chi connectivity index (χ4n) is 2.09. The predicted molar refractivity (Wildman–Crippen MR) is 81.7 cm³/mol. The van der Waals surface area contributed by atoms with Crippen LogP contribution in [0.15, 0.2) is 35.7 Å². The number of rotatable bonds is 4. The lowest BCUT2D eigenvalue weighted by atomic mass is 10.0. The van der Waals surface area contributed by atoms with E-state index in [4.69, 9.17) is 0 Å². The molecular weight excluding hydrogens is 254 g/mol. The van der Waals surface area contributed by atoms with Crippen molar-refractivity contribution in [3.8, 4) is 11.1 Å². The zero-order chi connectivity index (χ0) is 13.8. The molecule has 0 saturated carbocycles. The summed E-state index contributed by atoms with van der Waals surface area (Å²) in [6.07, 6.45) is 0. The molecule has 0 saturated heterocycles. The average molecular weight is 273 g/mol. The molecule has 0 radical (unpaired) electrons. The Morgan fingerprint density at radius 2 is 1.74 bits per heavy atom. The van der Waals surface area contributed by atoms with Crippen LogP contribution < -0.4 is 0 Å². The molecule has 0 aliphatic carbocycles. The van der Waals surface area contributed by atoms with Gasteiger partial charge >= 0.3 is 0 Å². The lowest BCUT2D eigenvalue weighted by molar-refractivity contribution is 0.0778. The molecule has 0 unspecified atom stereocenters. The van der Waals surface area contributed by atoms with Crippen molar-refractivity contribution in [2.24, 2.45) is 0 Å².